The first-order valence-corrected chi connectivity index (χ1v) is 5.62. The standard InChI is InChI=1S/C12H16F2N2O/c1-16(9-2-3-17-7-9)12-10(13)4-8(6-15)5-11(12)14/h4-5,9H,2-3,6-7,15H2,1H3. The van der Waals surface area contributed by atoms with Gasteiger partial charge in [-0.3, -0.25) is 0 Å². The SMILES string of the molecule is CN(c1c(F)cc(CN)cc1F)C1CCOC1. The fourth-order valence-corrected chi connectivity index (χ4v) is 2.08. The lowest BCUT2D eigenvalue weighted by molar-refractivity contribution is 0.193. The van der Waals surface area contributed by atoms with Crippen molar-refractivity contribution < 1.29 is 13.5 Å². The van der Waals surface area contributed by atoms with Crippen LogP contribution in [-0.2, 0) is 11.3 Å². The number of hydrogen-bond donors (Lipinski definition) is 1. The van der Waals surface area contributed by atoms with Crippen molar-refractivity contribution in [2.45, 2.75) is 19.0 Å². The van der Waals surface area contributed by atoms with E-state index in [1.54, 1.807) is 11.9 Å². The van der Waals surface area contributed by atoms with Crippen LogP contribution in [-0.4, -0.2) is 26.3 Å². The largest absolute Gasteiger partial charge is 0.379 e. The number of nitrogens with two attached hydrogens (primary N) is 1. The Hall–Kier alpha value is -1.20. The molecule has 1 fully saturated rings. The van der Waals surface area contributed by atoms with E-state index in [4.69, 9.17) is 10.5 Å². The van der Waals surface area contributed by atoms with Crippen LogP contribution in [0.5, 0.6) is 0 Å². The third kappa shape index (κ3) is 2.40. The van der Waals surface area contributed by atoms with Gasteiger partial charge in [-0.25, -0.2) is 8.78 Å². The molecule has 0 saturated carbocycles. The first kappa shape index (κ1) is 12.3. The predicted octanol–water partition coefficient (Wildman–Crippen LogP) is 1.65. The molecule has 1 atom stereocenters. The maximum absolute atomic E-state index is 13.8. The van der Waals surface area contributed by atoms with Crippen LogP contribution in [0.4, 0.5) is 14.5 Å². The molecule has 5 heteroatoms. The quantitative estimate of drug-likeness (QED) is 0.876. The van der Waals surface area contributed by atoms with Gasteiger partial charge >= 0.3 is 0 Å². The molecule has 1 aromatic carbocycles. The fraction of sp³-hybridized carbons (Fsp3) is 0.500. The Bertz CT molecular complexity index is 382. The molecule has 1 aromatic rings. The Morgan fingerprint density at radius 3 is 2.53 bits per heavy atom. The number of hydrogen-bond acceptors (Lipinski definition) is 3. The van der Waals surface area contributed by atoms with E-state index >= 15 is 0 Å². The minimum absolute atomic E-state index is 0.00213. The molecule has 0 bridgehead atoms. The molecule has 94 valence electrons. The van der Waals surface area contributed by atoms with E-state index in [9.17, 15) is 8.78 Å². The average molecular weight is 242 g/mol. The molecule has 1 aliphatic heterocycles. The lowest BCUT2D eigenvalue weighted by Gasteiger charge is -2.26. The maximum atomic E-state index is 13.8. The molecule has 17 heavy (non-hydrogen) atoms. The van der Waals surface area contributed by atoms with Crippen LogP contribution in [0, 0.1) is 11.6 Å². The lowest BCUT2D eigenvalue weighted by atomic mass is 10.1. The van der Waals surface area contributed by atoms with E-state index < -0.39 is 11.6 Å². The number of benzene rings is 1. The van der Waals surface area contributed by atoms with Crippen molar-refractivity contribution in [3.05, 3.63) is 29.3 Å². The van der Waals surface area contributed by atoms with Crippen molar-refractivity contribution in [3.63, 3.8) is 0 Å². The van der Waals surface area contributed by atoms with E-state index in [1.165, 1.54) is 12.1 Å². The van der Waals surface area contributed by atoms with E-state index in [2.05, 4.69) is 0 Å². The van der Waals surface area contributed by atoms with Crippen LogP contribution in [0.25, 0.3) is 0 Å². The Kier molecular flexibility index (Phi) is 3.59. The van der Waals surface area contributed by atoms with Crippen LogP contribution in [0.2, 0.25) is 0 Å². The average Bonchev–Trinajstić information content (AvgIpc) is 2.81. The van der Waals surface area contributed by atoms with E-state index in [0.717, 1.165) is 6.42 Å². The molecule has 0 radical (unpaired) electrons. The zero-order chi connectivity index (χ0) is 12.4. The monoisotopic (exact) mass is 242 g/mol. The van der Waals surface area contributed by atoms with Gasteiger partial charge in [0.05, 0.1) is 12.6 Å². The summed E-state index contributed by atoms with van der Waals surface area (Å²) in [5.41, 5.74) is 5.83. The van der Waals surface area contributed by atoms with Gasteiger partial charge < -0.3 is 15.4 Å². The van der Waals surface area contributed by atoms with Gasteiger partial charge in [0.1, 0.15) is 17.3 Å². The molecule has 1 unspecified atom stereocenters. The Morgan fingerprint density at radius 2 is 2.06 bits per heavy atom. The number of halogens is 2. The zero-order valence-corrected chi connectivity index (χ0v) is 9.75. The second-order valence-corrected chi connectivity index (χ2v) is 4.24. The second kappa shape index (κ2) is 4.98. The molecule has 1 heterocycles. The van der Waals surface area contributed by atoms with Gasteiger partial charge in [0.25, 0.3) is 0 Å². The predicted molar refractivity (Wildman–Crippen MR) is 61.9 cm³/mol. The van der Waals surface area contributed by atoms with Crippen molar-refractivity contribution >= 4 is 5.69 Å². The lowest BCUT2D eigenvalue weighted by Crippen LogP contribution is -2.33. The molecular formula is C12H16F2N2O. The molecule has 1 aliphatic rings. The molecule has 0 amide bonds. The van der Waals surface area contributed by atoms with Crippen LogP contribution >= 0.6 is 0 Å². The first-order valence-electron chi connectivity index (χ1n) is 5.62. The summed E-state index contributed by atoms with van der Waals surface area (Å²) in [7, 11) is 1.68. The number of ether oxygens (including phenoxy) is 1. The summed E-state index contributed by atoms with van der Waals surface area (Å²) in [5, 5.41) is 0. The maximum Gasteiger partial charge on any atom is 0.149 e. The number of likely N-dealkylation sites (N-methyl/N-ethyl adjacent to an activating group) is 1. The van der Waals surface area contributed by atoms with Gasteiger partial charge in [-0.1, -0.05) is 0 Å². The van der Waals surface area contributed by atoms with Crippen molar-refractivity contribution in [3.8, 4) is 0 Å². The van der Waals surface area contributed by atoms with Crippen LogP contribution in [0.3, 0.4) is 0 Å². The fourth-order valence-electron chi connectivity index (χ4n) is 2.08. The molecule has 2 N–H and O–H groups in total. The Labute approximate surface area is 99.2 Å². The summed E-state index contributed by atoms with van der Waals surface area (Å²) in [6.45, 7) is 1.28. The summed E-state index contributed by atoms with van der Waals surface area (Å²) in [5.74, 6) is -1.14. The third-order valence-corrected chi connectivity index (χ3v) is 3.12. The minimum atomic E-state index is -0.570. The molecule has 0 spiro atoms. The molecule has 1 saturated heterocycles. The van der Waals surface area contributed by atoms with Crippen molar-refractivity contribution in [1.82, 2.24) is 0 Å². The third-order valence-electron chi connectivity index (χ3n) is 3.12. The molecule has 2 rings (SSSR count). The van der Waals surface area contributed by atoms with Gasteiger partial charge in [-0.05, 0) is 24.1 Å². The summed E-state index contributed by atoms with van der Waals surface area (Å²) in [6, 6.07) is 2.60. The van der Waals surface area contributed by atoms with Gasteiger partial charge in [0, 0.05) is 20.2 Å². The summed E-state index contributed by atoms with van der Waals surface area (Å²) in [6.07, 6.45) is 0.786. The second-order valence-electron chi connectivity index (χ2n) is 4.24. The van der Waals surface area contributed by atoms with Crippen LogP contribution in [0.1, 0.15) is 12.0 Å². The number of nitrogens with zero attached hydrogens (tertiary/aromatic N) is 1. The van der Waals surface area contributed by atoms with Crippen molar-refractivity contribution in [2.24, 2.45) is 5.73 Å². The molecule has 3 nitrogen and oxygen atoms in total. The highest BCUT2D eigenvalue weighted by Crippen LogP contribution is 2.27. The Morgan fingerprint density at radius 1 is 1.41 bits per heavy atom. The van der Waals surface area contributed by atoms with Crippen LogP contribution < -0.4 is 10.6 Å². The smallest absolute Gasteiger partial charge is 0.149 e. The van der Waals surface area contributed by atoms with Gasteiger partial charge in [-0.15, -0.1) is 0 Å². The van der Waals surface area contributed by atoms with Gasteiger partial charge in [0.15, 0.2) is 0 Å². The minimum Gasteiger partial charge on any atom is -0.379 e. The van der Waals surface area contributed by atoms with E-state index in [1.807, 2.05) is 0 Å². The highest BCUT2D eigenvalue weighted by atomic mass is 19.1. The molecule has 0 aliphatic carbocycles. The van der Waals surface area contributed by atoms with E-state index in [0.29, 0.717) is 18.8 Å². The Balaban J connectivity index is 2.30. The highest BCUT2D eigenvalue weighted by Gasteiger charge is 2.25. The van der Waals surface area contributed by atoms with Crippen LogP contribution in [0.15, 0.2) is 12.1 Å². The number of rotatable bonds is 3. The normalized spacial score (nSPS) is 19.6. The highest BCUT2D eigenvalue weighted by molar-refractivity contribution is 5.51. The van der Waals surface area contributed by atoms with Crippen molar-refractivity contribution in [1.29, 1.82) is 0 Å². The number of anilines is 1. The summed E-state index contributed by atoms with van der Waals surface area (Å²) in [4.78, 5) is 1.61. The topological polar surface area (TPSA) is 38.5 Å². The van der Waals surface area contributed by atoms with Gasteiger partial charge in [-0.2, -0.15) is 0 Å². The van der Waals surface area contributed by atoms with E-state index in [-0.39, 0.29) is 18.3 Å². The summed E-state index contributed by atoms with van der Waals surface area (Å²) >= 11 is 0. The first-order chi connectivity index (χ1) is 8.13. The van der Waals surface area contributed by atoms with Crippen molar-refractivity contribution in [2.75, 3.05) is 25.2 Å². The zero-order valence-electron chi connectivity index (χ0n) is 9.75. The summed E-state index contributed by atoms with van der Waals surface area (Å²) < 4.78 is 32.9. The van der Waals surface area contributed by atoms with Gasteiger partial charge in [0.2, 0.25) is 0 Å². The molecule has 0 aromatic heterocycles. The molecular weight excluding hydrogens is 226 g/mol.